The predicted octanol–water partition coefficient (Wildman–Crippen LogP) is 0.392. The Morgan fingerprint density at radius 3 is 2.79 bits per heavy atom. The summed E-state index contributed by atoms with van der Waals surface area (Å²) in [5, 5.41) is 11.5. The molecule has 104 valence electrons. The first-order valence-electron chi connectivity index (χ1n) is 6.84. The number of thioether (sulfide) groups is 1. The lowest BCUT2D eigenvalue weighted by molar-refractivity contribution is 0.0766. The number of hydrogen-bond acceptors (Lipinski definition) is 5. The molecular formula is C12H19N5OS. The van der Waals surface area contributed by atoms with Crippen molar-refractivity contribution in [2.75, 3.05) is 37.7 Å². The Kier molecular flexibility index (Phi) is 4.03. The maximum atomic E-state index is 12.3. The SMILES string of the molecule is O=C(c1cn(C2CCNCC2)nn1)N1CCSCC1. The molecule has 0 unspecified atom stereocenters. The number of carbonyl (C=O) groups is 1. The number of amides is 1. The van der Waals surface area contributed by atoms with Crippen molar-refractivity contribution in [1.29, 1.82) is 0 Å². The van der Waals surface area contributed by atoms with Gasteiger partial charge in [-0.25, -0.2) is 4.68 Å². The van der Waals surface area contributed by atoms with Gasteiger partial charge in [0.25, 0.3) is 5.91 Å². The van der Waals surface area contributed by atoms with E-state index in [0.717, 1.165) is 50.5 Å². The fourth-order valence-corrected chi connectivity index (χ4v) is 3.46. The molecule has 0 saturated carbocycles. The van der Waals surface area contributed by atoms with Gasteiger partial charge in [-0.15, -0.1) is 5.10 Å². The molecule has 19 heavy (non-hydrogen) atoms. The Morgan fingerprint density at radius 2 is 2.05 bits per heavy atom. The zero-order valence-electron chi connectivity index (χ0n) is 10.9. The highest BCUT2D eigenvalue weighted by Crippen LogP contribution is 2.18. The van der Waals surface area contributed by atoms with Gasteiger partial charge in [-0.1, -0.05) is 5.21 Å². The molecule has 1 aromatic rings. The molecule has 1 amide bonds. The van der Waals surface area contributed by atoms with Crippen LogP contribution in [0.25, 0.3) is 0 Å². The van der Waals surface area contributed by atoms with Crippen LogP contribution in [0.1, 0.15) is 29.4 Å². The Bertz CT molecular complexity index is 437. The first kappa shape index (κ1) is 12.9. The highest BCUT2D eigenvalue weighted by Gasteiger charge is 2.23. The minimum Gasteiger partial charge on any atom is -0.336 e. The standard InChI is InChI=1S/C12H19N5OS/c18-12(16-5-7-19-8-6-16)11-9-17(15-14-11)10-1-3-13-4-2-10/h9-10,13H,1-8H2. The third-order valence-corrected chi connectivity index (χ3v) is 4.65. The van der Waals surface area contributed by atoms with E-state index >= 15 is 0 Å². The van der Waals surface area contributed by atoms with Gasteiger partial charge in [-0.2, -0.15) is 11.8 Å². The van der Waals surface area contributed by atoms with Gasteiger partial charge in [0.2, 0.25) is 0 Å². The van der Waals surface area contributed by atoms with Gasteiger partial charge in [-0.05, 0) is 25.9 Å². The molecule has 0 atom stereocenters. The van der Waals surface area contributed by atoms with Crippen molar-refractivity contribution in [1.82, 2.24) is 25.2 Å². The first-order valence-corrected chi connectivity index (χ1v) is 7.99. The van der Waals surface area contributed by atoms with Crippen molar-refractivity contribution in [3.05, 3.63) is 11.9 Å². The Hall–Kier alpha value is -1.08. The molecule has 3 rings (SSSR count). The average molecular weight is 281 g/mol. The number of rotatable bonds is 2. The number of aromatic nitrogens is 3. The van der Waals surface area contributed by atoms with Gasteiger partial charge in [0, 0.05) is 24.6 Å². The molecule has 2 saturated heterocycles. The quantitative estimate of drug-likeness (QED) is 0.850. The summed E-state index contributed by atoms with van der Waals surface area (Å²) in [7, 11) is 0. The van der Waals surface area contributed by atoms with E-state index in [0.29, 0.717) is 11.7 Å². The second kappa shape index (κ2) is 5.92. The molecule has 0 bridgehead atoms. The molecule has 0 aromatic carbocycles. The number of piperidine rings is 1. The largest absolute Gasteiger partial charge is 0.336 e. The van der Waals surface area contributed by atoms with Crippen LogP contribution in [0.3, 0.4) is 0 Å². The fraction of sp³-hybridized carbons (Fsp3) is 0.750. The van der Waals surface area contributed by atoms with E-state index in [2.05, 4.69) is 15.6 Å². The Morgan fingerprint density at radius 1 is 1.32 bits per heavy atom. The van der Waals surface area contributed by atoms with Crippen LogP contribution in [0.5, 0.6) is 0 Å². The van der Waals surface area contributed by atoms with Crippen LogP contribution in [-0.2, 0) is 0 Å². The summed E-state index contributed by atoms with van der Waals surface area (Å²) in [6, 6.07) is 0.382. The molecule has 0 aliphatic carbocycles. The predicted molar refractivity (Wildman–Crippen MR) is 74.4 cm³/mol. The third kappa shape index (κ3) is 2.92. The van der Waals surface area contributed by atoms with E-state index < -0.39 is 0 Å². The Balaban J connectivity index is 1.67. The topological polar surface area (TPSA) is 63.1 Å². The van der Waals surface area contributed by atoms with Crippen molar-refractivity contribution < 1.29 is 4.79 Å². The fourth-order valence-electron chi connectivity index (χ4n) is 2.55. The van der Waals surface area contributed by atoms with E-state index in [1.54, 1.807) is 0 Å². The molecule has 0 spiro atoms. The van der Waals surface area contributed by atoms with Crippen LogP contribution in [0, 0.1) is 0 Å². The Labute approximate surface area is 116 Å². The summed E-state index contributed by atoms with van der Waals surface area (Å²) in [6.07, 6.45) is 3.93. The van der Waals surface area contributed by atoms with Gasteiger partial charge in [0.05, 0.1) is 12.2 Å². The molecule has 7 heteroatoms. The molecule has 1 aromatic heterocycles. The number of carbonyl (C=O) groups excluding carboxylic acids is 1. The number of nitrogens with one attached hydrogen (secondary N) is 1. The van der Waals surface area contributed by atoms with Crippen LogP contribution in [0.15, 0.2) is 6.20 Å². The molecular weight excluding hydrogens is 262 g/mol. The zero-order valence-corrected chi connectivity index (χ0v) is 11.7. The van der Waals surface area contributed by atoms with Gasteiger partial charge < -0.3 is 10.2 Å². The van der Waals surface area contributed by atoms with Gasteiger partial charge in [-0.3, -0.25) is 4.79 Å². The molecule has 2 fully saturated rings. The molecule has 1 N–H and O–H groups in total. The lowest BCUT2D eigenvalue weighted by atomic mass is 10.1. The molecule has 0 radical (unpaired) electrons. The lowest BCUT2D eigenvalue weighted by Crippen LogP contribution is -2.38. The normalized spacial score (nSPS) is 21.6. The van der Waals surface area contributed by atoms with E-state index in [1.807, 2.05) is 27.5 Å². The van der Waals surface area contributed by atoms with Crippen molar-refractivity contribution in [3.63, 3.8) is 0 Å². The summed E-state index contributed by atoms with van der Waals surface area (Å²) in [6.45, 7) is 3.67. The summed E-state index contributed by atoms with van der Waals surface area (Å²) >= 11 is 1.90. The second-order valence-electron chi connectivity index (χ2n) is 4.97. The number of hydrogen-bond donors (Lipinski definition) is 1. The highest BCUT2D eigenvalue weighted by atomic mass is 32.2. The van der Waals surface area contributed by atoms with Crippen LogP contribution < -0.4 is 5.32 Å². The average Bonchev–Trinajstić information content (AvgIpc) is 2.98. The van der Waals surface area contributed by atoms with E-state index in [4.69, 9.17) is 0 Å². The molecule has 2 aliphatic heterocycles. The second-order valence-corrected chi connectivity index (χ2v) is 6.19. The maximum absolute atomic E-state index is 12.3. The van der Waals surface area contributed by atoms with Crippen LogP contribution in [-0.4, -0.2) is 63.5 Å². The first-order chi connectivity index (χ1) is 9.34. The minimum atomic E-state index is 0.0282. The van der Waals surface area contributed by atoms with Gasteiger partial charge >= 0.3 is 0 Å². The summed E-state index contributed by atoms with van der Waals surface area (Å²) in [5.74, 6) is 2.07. The van der Waals surface area contributed by atoms with E-state index in [-0.39, 0.29) is 5.91 Å². The van der Waals surface area contributed by atoms with Crippen molar-refractivity contribution in [2.45, 2.75) is 18.9 Å². The van der Waals surface area contributed by atoms with Crippen molar-refractivity contribution in [2.24, 2.45) is 0 Å². The zero-order chi connectivity index (χ0) is 13.1. The molecule has 3 heterocycles. The summed E-state index contributed by atoms with van der Waals surface area (Å²) in [5.41, 5.74) is 0.491. The van der Waals surface area contributed by atoms with E-state index in [1.165, 1.54) is 0 Å². The third-order valence-electron chi connectivity index (χ3n) is 3.71. The van der Waals surface area contributed by atoms with Crippen LogP contribution in [0.4, 0.5) is 0 Å². The monoisotopic (exact) mass is 281 g/mol. The summed E-state index contributed by atoms with van der Waals surface area (Å²) < 4.78 is 1.87. The number of nitrogens with zero attached hydrogens (tertiary/aromatic N) is 4. The van der Waals surface area contributed by atoms with Crippen molar-refractivity contribution in [3.8, 4) is 0 Å². The summed E-state index contributed by atoms with van der Waals surface area (Å²) in [4.78, 5) is 14.2. The van der Waals surface area contributed by atoms with Crippen LogP contribution >= 0.6 is 11.8 Å². The van der Waals surface area contributed by atoms with Gasteiger partial charge in [0.15, 0.2) is 5.69 Å². The van der Waals surface area contributed by atoms with E-state index in [9.17, 15) is 4.79 Å². The molecule has 2 aliphatic rings. The van der Waals surface area contributed by atoms with Gasteiger partial charge in [0.1, 0.15) is 0 Å². The van der Waals surface area contributed by atoms with Crippen molar-refractivity contribution >= 4 is 17.7 Å². The smallest absolute Gasteiger partial charge is 0.276 e. The minimum absolute atomic E-state index is 0.0282. The maximum Gasteiger partial charge on any atom is 0.276 e. The highest BCUT2D eigenvalue weighted by molar-refractivity contribution is 7.99. The lowest BCUT2D eigenvalue weighted by Gasteiger charge is -2.25. The molecule has 6 nitrogen and oxygen atoms in total. The van der Waals surface area contributed by atoms with Crippen LogP contribution in [0.2, 0.25) is 0 Å².